The summed E-state index contributed by atoms with van der Waals surface area (Å²) in [5, 5.41) is 23.6. The van der Waals surface area contributed by atoms with Crippen molar-refractivity contribution in [3.8, 4) is 0 Å². The molecular formula is C28H26ClN3O6S2. The first-order chi connectivity index (χ1) is 19.0. The van der Waals surface area contributed by atoms with Crippen LogP contribution in [0.25, 0.3) is 0 Å². The summed E-state index contributed by atoms with van der Waals surface area (Å²) in [6, 6.07) is 18.5. The predicted molar refractivity (Wildman–Crippen MR) is 153 cm³/mol. The number of carbonyl (C=O) groups excluding carboxylic acids is 1. The molecular weight excluding hydrogens is 574 g/mol. The van der Waals surface area contributed by atoms with Crippen molar-refractivity contribution in [1.29, 1.82) is 0 Å². The first-order valence-corrected chi connectivity index (χ1v) is 14.8. The van der Waals surface area contributed by atoms with Gasteiger partial charge in [0, 0.05) is 28.2 Å². The van der Waals surface area contributed by atoms with Gasteiger partial charge >= 0.3 is 6.09 Å². The Morgan fingerprint density at radius 2 is 1.77 bits per heavy atom. The third kappa shape index (κ3) is 7.24. The van der Waals surface area contributed by atoms with Crippen LogP contribution in [0.15, 0.2) is 88.8 Å². The van der Waals surface area contributed by atoms with Gasteiger partial charge < -0.3 is 15.1 Å². The summed E-state index contributed by atoms with van der Waals surface area (Å²) in [6.45, 7) is 1.81. The Labute approximate surface area is 240 Å². The number of aryl methyl sites for hydroxylation is 1. The van der Waals surface area contributed by atoms with Crippen molar-refractivity contribution in [3.63, 3.8) is 0 Å². The zero-order valence-electron chi connectivity index (χ0n) is 21.3. The van der Waals surface area contributed by atoms with Gasteiger partial charge in [-0.2, -0.15) is 0 Å². The lowest BCUT2D eigenvalue weighted by molar-refractivity contribution is 0.0973. The van der Waals surface area contributed by atoms with E-state index in [1.807, 2.05) is 6.92 Å². The number of sulfone groups is 1. The molecule has 0 fully saturated rings. The van der Waals surface area contributed by atoms with Crippen molar-refractivity contribution in [1.82, 2.24) is 9.88 Å². The third-order valence-electron chi connectivity index (χ3n) is 6.05. The molecule has 4 aromatic rings. The maximum atomic E-state index is 13.3. The number of nitrogens with one attached hydrogen (secondary N) is 1. The average Bonchev–Trinajstić information content (AvgIpc) is 3.35. The summed E-state index contributed by atoms with van der Waals surface area (Å²) in [5.41, 5.74) is 1.40. The van der Waals surface area contributed by atoms with Crippen LogP contribution in [0, 0.1) is 6.92 Å². The average molecular weight is 600 g/mol. The number of aliphatic hydroxyl groups is 1. The lowest BCUT2D eigenvalue weighted by Gasteiger charge is -2.23. The Hall–Kier alpha value is -3.77. The standard InChI is InChI=1S/C28H26ClN3O6S2/c1-18-16-30-27(39-18)31-26(34)21-5-3-7-24(15-21)40(37,38)23-10-8-19(9-11-23)12-13-32(28(35)36)17-25(33)20-4-2-6-22(29)14-20/h2-11,14-16,25,33H,12-13,17H2,1H3,(H,35,36)(H,30,31,34)/t25-/m0/s1. The second-order valence-corrected chi connectivity index (χ2v) is 12.6. The van der Waals surface area contributed by atoms with Gasteiger partial charge in [0.05, 0.1) is 22.4 Å². The summed E-state index contributed by atoms with van der Waals surface area (Å²) in [6.07, 6.45) is -0.296. The molecule has 4 rings (SSSR count). The Balaban J connectivity index is 1.42. The fourth-order valence-corrected chi connectivity index (χ4v) is 6.08. The maximum Gasteiger partial charge on any atom is 0.407 e. The second kappa shape index (κ2) is 12.6. The number of anilines is 1. The van der Waals surface area contributed by atoms with E-state index in [0.29, 0.717) is 27.7 Å². The van der Waals surface area contributed by atoms with E-state index < -0.39 is 27.9 Å². The van der Waals surface area contributed by atoms with Gasteiger partial charge in [-0.25, -0.2) is 18.2 Å². The predicted octanol–water partition coefficient (Wildman–Crippen LogP) is 5.45. The number of hydrogen-bond donors (Lipinski definition) is 3. The molecule has 1 heterocycles. The number of aliphatic hydroxyl groups excluding tert-OH is 1. The fourth-order valence-electron chi connectivity index (χ4n) is 3.91. The van der Waals surface area contributed by atoms with E-state index in [-0.39, 0.29) is 28.4 Å². The number of nitrogens with zero attached hydrogens (tertiary/aromatic N) is 2. The van der Waals surface area contributed by atoms with Crippen LogP contribution in [-0.4, -0.2) is 53.6 Å². The van der Waals surface area contributed by atoms with Crippen LogP contribution in [-0.2, 0) is 16.3 Å². The van der Waals surface area contributed by atoms with Gasteiger partial charge in [-0.15, -0.1) is 11.3 Å². The van der Waals surface area contributed by atoms with Gasteiger partial charge in [0.2, 0.25) is 9.84 Å². The van der Waals surface area contributed by atoms with Crippen molar-refractivity contribution in [2.24, 2.45) is 0 Å². The first kappa shape index (κ1) is 29.2. The quantitative estimate of drug-likeness (QED) is 0.220. The first-order valence-electron chi connectivity index (χ1n) is 12.1. The normalized spacial score (nSPS) is 12.1. The highest BCUT2D eigenvalue weighted by Crippen LogP contribution is 2.24. The topological polar surface area (TPSA) is 137 Å². The molecule has 1 aromatic heterocycles. The Morgan fingerprint density at radius 3 is 2.42 bits per heavy atom. The lowest BCUT2D eigenvalue weighted by atomic mass is 10.1. The van der Waals surface area contributed by atoms with E-state index in [4.69, 9.17) is 11.6 Å². The van der Waals surface area contributed by atoms with Crippen LogP contribution >= 0.6 is 22.9 Å². The van der Waals surface area contributed by atoms with Crippen molar-refractivity contribution in [3.05, 3.63) is 106 Å². The van der Waals surface area contributed by atoms with E-state index in [2.05, 4.69) is 10.3 Å². The molecule has 3 aromatic carbocycles. The maximum absolute atomic E-state index is 13.3. The molecule has 0 saturated carbocycles. The van der Waals surface area contributed by atoms with Crippen LogP contribution in [0.1, 0.15) is 32.5 Å². The highest BCUT2D eigenvalue weighted by molar-refractivity contribution is 7.91. The fraction of sp³-hybridized carbons (Fsp3) is 0.179. The minimum atomic E-state index is -3.92. The smallest absolute Gasteiger partial charge is 0.407 e. The minimum Gasteiger partial charge on any atom is -0.465 e. The molecule has 0 saturated heterocycles. The van der Waals surface area contributed by atoms with Gasteiger partial charge in [-0.1, -0.05) is 41.9 Å². The number of benzene rings is 3. The monoisotopic (exact) mass is 599 g/mol. The van der Waals surface area contributed by atoms with Crippen LogP contribution in [0.3, 0.4) is 0 Å². The molecule has 0 unspecified atom stereocenters. The number of carboxylic acid groups (broad SMARTS) is 1. The summed E-state index contributed by atoms with van der Waals surface area (Å²) < 4.78 is 26.5. The number of carbonyl (C=O) groups is 2. The largest absolute Gasteiger partial charge is 0.465 e. The Morgan fingerprint density at radius 1 is 1.05 bits per heavy atom. The number of amides is 2. The highest BCUT2D eigenvalue weighted by Gasteiger charge is 2.21. The number of aromatic nitrogens is 1. The lowest BCUT2D eigenvalue weighted by Crippen LogP contribution is -2.35. The van der Waals surface area contributed by atoms with E-state index >= 15 is 0 Å². The van der Waals surface area contributed by atoms with Gasteiger partial charge in [-0.3, -0.25) is 10.1 Å². The van der Waals surface area contributed by atoms with Gasteiger partial charge in [0.1, 0.15) is 0 Å². The molecule has 40 heavy (non-hydrogen) atoms. The minimum absolute atomic E-state index is 0.0322. The molecule has 0 bridgehead atoms. The third-order valence-corrected chi connectivity index (χ3v) is 8.88. The van der Waals surface area contributed by atoms with E-state index in [1.54, 1.807) is 42.6 Å². The zero-order valence-corrected chi connectivity index (χ0v) is 23.7. The van der Waals surface area contributed by atoms with Crippen molar-refractivity contribution >= 4 is 49.9 Å². The van der Waals surface area contributed by atoms with Gasteiger partial charge in [0.15, 0.2) is 5.13 Å². The van der Waals surface area contributed by atoms with Crippen LogP contribution in [0.5, 0.6) is 0 Å². The summed E-state index contributed by atoms with van der Waals surface area (Å²) in [4.78, 5) is 30.5. The van der Waals surface area contributed by atoms with E-state index in [0.717, 1.165) is 9.78 Å². The van der Waals surface area contributed by atoms with Gasteiger partial charge in [-0.05, 0) is 66.9 Å². The van der Waals surface area contributed by atoms with E-state index in [9.17, 15) is 28.2 Å². The van der Waals surface area contributed by atoms with Crippen LogP contribution < -0.4 is 5.32 Å². The molecule has 12 heteroatoms. The molecule has 2 amide bonds. The number of hydrogen-bond acceptors (Lipinski definition) is 7. The highest BCUT2D eigenvalue weighted by atomic mass is 35.5. The Kier molecular flexibility index (Phi) is 9.21. The number of halogens is 1. The molecule has 208 valence electrons. The van der Waals surface area contributed by atoms with Crippen molar-refractivity contribution in [2.75, 3.05) is 18.4 Å². The Bertz CT molecular complexity index is 1620. The summed E-state index contributed by atoms with van der Waals surface area (Å²) >= 11 is 7.28. The SMILES string of the molecule is Cc1cnc(NC(=O)c2cccc(S(=O)(=O)c3ccc(CCN(C[C@H](O)c4cccc(Cl)c4)C(=O)O)cc3)c2)s1. The number of rotatable bonds is 10. The molecule has 0 aliphatic rings. The van der Waals surface area contributed by atoms with E-state index in [1.165, 1.54) is 47.7 Å². The molecule has 9 nitrogen and oxygen atoms in total. The summed E-state index contributed by atoms with van der Waals surface area (Å²) in [7, 11) is -3.92. The molecule has 0 aliphatic heterocycles. The molecule has 0 aliphatic carbocycles. The molecule has 0 spiro atoms. The van der Waals surface area contributed by atoms with Crippen LogP contribution in [0.2, 0.25) is 5.02 Å². The number of thiazole rings is 1. The second-order valence-electron chi connectivity index (χ2n) is 8.95. The van der Waals surface area contributed by atoms with Gasteiger partial charge in [0.25, 0.3) is 5.91 Å². The van der Waals surface area contributed by atoms with Crippen molar-refractivity contribution < 1.29 is 28.2 Å². The molecule has 3 N–H and O–H groups in total. The summed E-state index contributed by atoms with van der Waals surface area (Å²) in [5.74, 6) is -0.467. The van der Waals surface area contributed by atoms with Crippen LogP contribution in [0.4, 0.5) is 9.93 Å². The molecule has 1 atom stereocenters. The molecule has 0 radical (unpaired) electrons. The zero-order chi connectivity index (χ0) is 28.9. The van der Waals surface area contributed by atoms with Crippen molar-refractivity contribution in [2.45, 2.75) is 29.2 Å².